The Labute approximate surface area is 245 Å². The van der Waals surface area contributed by atoms with Crippen molar-refractivity contribution in [3.8, 4) is 0 Å². The zero-order chi connectivity index (χ0) is 28.9. The van der Waals surface area contributed by atoms with Gasteiger partial charge < -0.3 is 19.1 Å². The average molecular weight is 562 g/mol. The van der Waals surface area contributed by atoms with Crippen LogP contribution in [0, 0.1) is 11.3 Å². The van der Waals surface area contributed by atoms with Crippen LogP contribution in [0.3, 0.4) is 0 Å². The Morgan fingerprint density at radius 2 is 1.80 bits per heavy atom. The molecule has 2 unspecified atom stereocenters. The third-order valence-corrected chi connectivity index (χ3v) is 9.95. The zero-order valence-electron chi connectivity index (χ0n) is 25.5. The van der Waals surface area contributed by atoms with E-state index in [-0.39, 0.29) is 28.9 Å². The van der Waals surface area contributed by atoms with E-state index in [0.29, 0.717) is 42.8 Å². The predicted molar refractivity (Wildman–Crippen MR) is 158 cm³/mol. The molecule has 3 amide bonds. The van der Waals surface area contributed by atoms with Crippen molar-refractivity contribution < 1.29 is 14.0 Å². The topological polar surface area (TPSA) is 73.1 Å². The first-order valence-electron chi connectivity index (χ1n) is 15.6. The van der Waals surface area contributed by atoms with Crippen LogP contribution in [0.2, 0.25) is 0 Å². The molecule has 0 radical (unpaired) electrons. The molecule has 1 aromatic heterocycles. The Morgan fingerprint density at radius 3 is 2.41 bits per heavy atom. The second kappa shape index (κ2) is 10.8. The first-order valence-corrected chi connectivity index (χ1v) is 15.6. The van der Waals surface area contributed by atoms with Crippen LogP contribution in [0.5, 0.6) is 0 Å². The van der Waals surface area contributed by atoms with Crippen molar-refractivity contribution in [2.45, 2.75) is 103 Å². The highest BCUT2D eigenvalue weighted by Gasteiger charge is 2.58. The summed E-state index contributed by atoms with van der Waals surface area (Å²) in [6, 6.07) is 12.0. The first-order chi connectivity index (χ1) is 19.5. The number of carbonyl (C=O) groups is 2. The van der Waals surface area contributed by atoms with Crippen molar-refractivity contribution in [3.63, 3.8) is 0 Å². The Morgan fingerprint density at radius 1 is 1.10 bits per heavy atom. The summed E-state index contributed by atoms with van der Waals surface area (Å²) in [6.07, 6.45) is 8.18. The Balaban J connectivity index is 1.20. The maximum absolute atomic E-state index is 13.7. The molecule has 1 aromatic carbocycles. The van der Waals surface area contributed by atoms with Crippen molar-refractivity contribution >= 4 is 11.9 Å². The molecule has 4 atom stereocenters. The monoisotopic (exact) mass is 561 g/mol. The number of aromatic nitrogens is 1. The maximum atomic E-state index is 13.7. The molecule has 1 spiro atoms. The molecule has 0 saturated carbocycles. The van der Waals surface area contributed by atoms with Gasteiger partial charge in [-0.3, -0.25) is 9.69 Å². The van der Waals surface area contributed by atoms with E-state index in [0.717, 1.165) is 39.0 Å². The molecule has 4 aliphatic rings. The molecule has 0 N–H and O–H groups in total. The van der Waals surface area contributed by atoms with Crippen LogP contribution in [-0.2, 0) is 11.3 Å². The summed E-state index contributed by atoms with van der Waals surface area (Å²) in [4.78, 5) is 40.3. The number of oxazole rings is 1. The molecule has 5 heterocycles. The van der Waals surface area contributed by atoms with E-state index >= 15 is 0 Å². The van der Waals surface area contributed by atoms with Gasteiger partial charge in [-0.05, 0) is 56.4 Å². The molecule has 8 heteroatoms. The largest absolute Gasteiger partial charge is 0.447 e. The van der Waals surface area contributed by atoms with Crippen LogP contribution < -0.4 is 0 Å². The van der Waals surface area contributed by atoms with E-state index in [1.165, 1.54) is 18.4 Å². The third kappa shape index (κ3) is 5.52. The van der Waals surface area contributed by atoms with Crippen LogP contribution in [-0.4, -0.2) is 86.4 Å². The molecule has 2 aromatic rings. The molecular formula is C33H47N5O3. The van der Waals surface area contributed by atoms with Gasteiger partial charge in [-0.1, -0.05) is 51.1 Å². The summed E-state index contributed by atoms with van der Waals surface area (Å²) in [5, 5.41) is 0. The molecule has 8 nitrogen and oxygen atoms in total. The number of urea groups is 1. The van der Waals surface area contributed by atoms with E-state index in [4.69, 9.17) is 4.42 Å². The molecule has 4 fully saturated rings. The second-order valence-corrected chi connectivity index (χ2v) is 14.6. The SMILES string of the molecule is CC(C)N1C(=O)N(Cc2ncco2)CC12CC1CCC(C2)N1C[C@H]1CN(C(=O)CC(C)(C)C)C[C@@H]1c1ccccc1. The number of benzene rings is 1. The molecular weight excluding hydrogens is 514 g/mol. The minimum absolute atomic E-state index is 0.0143. The van der Waals surface area contributed by atoms with Crippen molar-refractivity contribution in [3.05, 3.63) is 54.2 Å². The quantitative estimate of drug-likeness (QED) is 0.455. The molecule has 2 bridgehead atoms. The fourth-order valence-electron chi connectivity index (χ4n) is 8.45. The fraction of sp³-hybridized carbons (Fsp3) is 0.667. The smallest absolute Gasteiger partial charge is 0.321 e. The van der Waals surface area contributed by atoms with Gasteiger partial charge in [0.2, 0.25) is 11.8 Å². The van der Waals surface area contributed by atoms with E-state index < -0.39 is 0 Å². The summed E-state index contributed by atoms with van der Waals surface area (Å²) in [5.74, 6) is 1.64. The number of amides is 3. The molecule has 4 aliphatic heterocycles. The van der Waals surface area contributed by atoms with Crippen LogP contribution in [0.15, 0.2) is 47.2 Å². The Hall–Kier alpha value is -2.87. The van der Waals surface area contributed by atoms with Gasteiger partial charge in [0, 0.05) is 56.6 Å². The lowest BCUT2D eigenvalue weighted by Gasteiger charge is -2.50. The fourth-order valence-corrected chi connectivity index (χ4v) is 8.45. The van der Waals surface area contributed by atoms with E-state index in [1.54, 1.807) is 12.5 Å². The highest BCUT2D eigenvalue weighted by atomic mass is 16.3. The van der Waals surface area contributed by atoms with Crippen molar-refractivity contribution in [1.82, 2.24) is 24.6 Å². The van der Waals surface area contributed by atoms with Crippen LogP contribution >= 0.6 is 0 Å². The maximum Gasteiger partial charge on any atom is 0.321 e. The van der Waals surface area contributed by atoms with Gasteiger partial charge >= 0.3 is 6.03 Å². The standard InChI is InChI=1S/C33H47N5O3/c1-23(2)38-31(40)36(21-29-34-13-14-41-29)22-33(38)15-26-11-12-27(16-33)37(26)19-25-18-35(30(39)17-32(3,4)5)20-28(25)24-9-7-6-8-10-24/h6-10,13-14,23,25-28H,11-12,15-22H2,1-5H3/t25-,26?,27?,28-,33?/m1/s1. The van der Waals surface area contributed by atoms with E-state index in [9.17, 15) is 9.59 Å². The minimum Gasteiger partial charge on any atom is -0.447 e. The Kier molecular flexibility index (Phi) is 7.41. The summed E-state index contributed by atoms with van der Waals surface area (Å²) in [5.41, 5.74) is 1.18. The summed E-state index contributed by atoms with van der Waals surface area (Å²) in [7, 11) is 0. The minimum atomic E-state index is -0.149. The lowest BCUT2D eigenvalue weighted by atomic mass is 9.80. The number of carbonyl (C=O) groups excluding carboxylic acids is 2. The van der Waals surface area contributed by atoms with Gasteiger partial charge in [0.15, 0.2) is 0 Å². The highest BCUT2D eigenvalue weighted by molar-refractivity contribution is 5.79. The van der Waals surface area contributed by atoms with Gasteiger partial charge in [-0.15, -0.1) is 0 Å². The van der Waals surface area contributed by atoms with Gasteiger partial charge in [-0.25, -0.2) is 9.78 Å². The van der Waals surface area contributed by atoms with Gasteiger partial charge in [0.05, 0.1) is 18.3 Å². The number of piperidine rings is 1. The third-order valence-electron chi connectivity index (χ3n) is 9.95. The zero-order valence-corrected chi connectivity index (χ0v) is 25.5. The van der Waals surface area contributed by atoms with E-state index in [1.807, 2.05) is 4.90 Å². The summed E-state index contributed by atoms with van der Waals surface area (Å²) < 4.78 is 5.50. The number of hydrogen-bond donors (Lipinski definition) is 0. The number of hydrogen-bond acceptors (Lipinski definition) is 5. The Bertz CT molecular complexity index is 1210. The normalized spacial score (nSPS) is 30.4. The van der Waals surface area contributed by atoms with Crippen LogP contribution in [0.4, 0.5) is 4.79 Å². The molecule has 222 valence electrons. The average Bonchev–Trinajstić information content (AvgIpc) is 3.67. The van der Waals surface area contributed by atoms with Gasteiger partial charge in [-0.2, -0.15) is 0 Å². The van der Waals surface area contributed by atoms with Crippen LogP contribution in [0.1, 0.15) is 84.1 Å². The van der Waals surface area contributed by atoms with Crippen LogP contribution in [0.25, 0.3) is 0 Å². The van der Waals surface area contributed by atoms with Crippen molar-refractivity contribution in [1.29, 1.82) is 0 Å². The summed E-state index contributed by atoms with van der Waals surface area (Å²) in [6.45, 7) is 14.5. The lowest BCUT2D eigenvalue weighted by molar-refractivity contribution is -0.132. The van der Waals surface area contributed by atoms with E-state index in [2.05, 4.69) is 84.6 Å². The highest BCUT2D eigenvalue weighted by Crippen LogP contribution is 2.49. The second-order valence-electron chi connectivity index (χ2n) is 14.6. The summed E-state index contributed by atoms with van der Waals surface area (Å²) >= 11 is 0. The van der Waals surface area contributed by atoms with Gasteiger partial charge in [0.1, 0.15) is 6.26 Å². The number of rotatable bonds is 7. The van der Waals surface area contributed by atoms with Crippen molar-refractivity contribution in [2.24, 2.45) is 11.3 Å². The first kappa shape index (κ1) is 28.3. The number of nitrogens with zero attached hydrogens (tertiary/aromatic N) is 5. The van der Waals surface area contributed by atoms with Gasteiger partial charge in [0.25, 0.3) is 0 Å². The molecule has 6 rings (SSSR count). The molecule has 0 aliphatic carbocycles. The predicted octanol–water partition coefficient (Wildman–Crippen LogP) is 5.36. The molecule has 4 saturated heterocycles. The lowest BCUT2D eigenvalue weighted by Crippen LogP contribution is -2.60. The number of fused-ring (bicyclic) bond motifs is 2. The van der Waals surface area contributed by atoms with Crippen molar-refractivity contribution in [2.75, 3.05) is 26.2 Å². The molecule has 41 heavy (non-hydrogen) atoms. The number of likely N-dealkylation sites (tertiary alicyclic amines) is 1.